The third-order valence-electron chi connectivity index (χ3n) is 4.28. The highest BCUT2D eigenvalue weighted by atomic mass is 16.5. The summed E-state index contributed by atoms with van der Waals surface area (Å²) in [5.74, 6) is 0.746. The number of amides is 1. The number of nitrogens with zero attached hydrogens (tertiary/aromatic N) is 1. The van der Waals surface area contributed by atoms with Crippen molar-refractivity contribution < 1.29 is 14.3 Å². The number of fused-ring (bicyclic) bond motifs is 1. The van der Waals surface area contributed by atoms with Gasteiger partial charge in [-0.15, -0.1) is 0 Å². The number of benzene rings is 1. The van der Waals surface area contributed by atoms with Crippen molar-refractivity contribution in [3.63, 3.8) is 0 Å². The van der Waals surface area contributed by atoms with Gasteiger partial charge in [-0.2, -0.15) is 0 Å². The van der Waals surface area contributed by atoms with E-state index in [1.807, 2.05) is 26.0 Å². The minimum atomic E-state index is -0.520. The third-order valence-corrected chi connectivity index (χ3v) is 4.28. The molecule has 1 aliphatic carbocycles. The Balaban J connectivity index is 2.02. The van der Waals surface area contributed by atoms with E-state index in [4.69, 9.17) is 15.2 Å². The van der Waals surface area contributed by atoms with Crippen LogP contribution in [-0.2, 0) is 0 Å². The molecule has 1 aromatic carbocycles. The first-order chi connectivity index (χ1) is 11.5. The molecule has 1 heterocycles. The molecule has 0 bridgehead atoms. The molecular formula is C19H24N2O3. The van der Waals surface area contributed by atoms with Gasteiger partial charge < -0.3 is 15.2 Å². The second kappa shape index (κ2) is 7.07. The van der Waals surface area contributed by atoms with Crippen molar-refractivity contribution in [2.24, 2.45) is 5.73 Å². The average molecular weight is 328 g/mol. The predicted octanol–water partition coefficient (Wildman–Crippen LogP) is 3.83. The lowest BCUT2D eigenvalue weighted by molar-refractivity contribution is 0.0994. The summed E-state index contributed by atoms with van der Waals surface area (Å²) in [6.45, 7) is 3.83. The molecule has 1 fully saturated rings. The summed E-state index contributed by atoms with van der Waals surface area (Å²) in [6.07, 6.45) is 7.76. The highest BCUT2D eigenvalue weighted by molar-refractivity contribution is 6.01. The third kappa shape index (κ3) is 3.61. The van der Waals surface area contributed by atoms with E-state index in [1.54, 1.807) is 12.3 Å². The molecule has 0 unspecified atom stereocenters. The Morgan fingerprint density at radius 2 is 1.96 bits per heavy atom. The van der Waals surface area contributed by atoms with Crippen molar-refractivity contribution in [2.75, 3.05) is 0 Å². The van der Waals surface area contributed by atoms with Gasteiger partial charge in [0.2, 0.25) is 0 Å². The summed E-state index contributed by atoms with van der Waals surface area (Å²) in [5, 5.41) is 0.851. The Bertz CT molecular complexity index is 737. The summed E-state index contributed by atoms with van der Waals surface area (Å²) in [7, 11) is 0. The first-order valence-corrected chi connectivity index (χ1v) is 8.60. The lowest BCUT2D eigenvalue weighted by atomic mass is 9.97. The Morgan fingerprint density at radius 3 is 2.62 bits per heavy atom. The molecule has 0 saturated heterocycles. The monoisotopic (exact) mass is 328 g/mol. The minimum absolute atomic E-state index is 0.0556. The Hall–Kier alpha value is -2.30. The van der Waals surface area contributed by atoms with Gasteiger partial charge in [-0.3, -0.25) is 9.78 Å². The van der Waals surface area contributed by atoms with Crippen LogP contribution in [0.5, 0.6) is 11.5 Å². The largest absolute Gasteiger partial charge is 0.490 e. The highest BCUT2D eigenvalue weighted by Crippen LogP contribution is 2.33. The van der Waals surface area contributed by atoms with Crippen molar-refractivity contribution in [1.82, 2.24) is 4.98 Å². The van der Waals surface area contributed by atoms with Crippen molar-refractivity contribution in [2.45, 2.75) is 58.2 Å². The van der Waals surface area contributed by atoms with E-state index in [1.165, 1.54) is 19.3 Å². The van der Waals surface area contributed by atoms with Crippen LogP contribution in [0.15, 0.2) is 24.4 Å². The maximum atomic E-state index is 11.7. The summed E-state index contributed by atoms with van der Waals surface area (Å²) in [4.78, 5) is 16.1. The van der Waals surface area contributed by atoms with Crippen LogP contribution in [0.3, 0.4) is 0 Å². The zero-order valence-electron chi connectivity index (χ0n) is 14.2. The minimum Gasteiger partial charge on any atom is -0.490 e. The number of carbonyl (C=O) groups is 1. The molecule has 0 aliphatic heterocycles. The maximum absolute atomic E-state index is 11.7. The number of pyridine rings is 1. The fourth-order valence-corrected chi connectivity index (χ4v) is 3.16. The van der Waals surface area contributed by atoms with Crippen molar-refractivity contribution in [3.8, 4) is 11.5 Å². The Labute approximate surface area is 142 Å². The van der Waals surface area contributed by atoms with Gasteiger partial charge in [0.15, 0.2) is 0 Å². The molecule has 128 valence electrons. The normalized spacial score (nSPS) is 15.6. The molecule has 1 saturated carbocycles. The fraction of sp³-hybridized carbons (Fsp3) is 0.474. The van der Waals surface area contributed by atoms with Crippen LogP contribution < -0.4 is 15.2 Å². The molecule has 2 N–H and O–H groups in total. The molecule has 24 heavy (non-hydrogen) atoms. The van der Waals surface area contributed by atoms with Gasteiger partial charge in [-0.05, 0) is 57.7 Å². The molecule has 3 rings (SSSR count). The number of rotatable bonds is 5. The van der Waals surface area contributed by atoms with Gasteiger partial charge in [0.25, 0.3) is 5.91 Å². The van der Waals surface area contributed by atoms with Gasteiger partial charge >= 0.3 is 0 Å². The molecule has 5 heteroatoms. The first-order valence-electron chi connectivity index (χ1n) is 8.60. The molecular weight excluding hydrogens is 304 g/mol. The van der Waals surface area contributed by atoms with Crippen LogP contribution in [0.1, 0.15) is 56.3 Å². The standard InChI is InChI=1S/C19H24N2O3/c1-12(2)23-18-11-14-16(10-15(18)19(20)22)21-9-8-17(14)24-13-6-4-3-5-7-13/h8-13H,3-7H2,1-2H3,(H2,20,22). The van der Waals surface area contributed by atoms with E-state index in [2.05, 4.69) is 4.98 Å². The SMILES string of the molecule is CC(C)Oc1cc2c(OC3CCCCC3)ccnc2cc1C(N)=O. The fourth-order valence-electron chi connectivity index (χ4n) is 3.16. The molecule has 1 aliphatic rings. The zero-order valence-corrected chi connectivity index (χ0v) is 14.2. The number of nitrogens with two attached hydrogens (primary N) is 1. The van der Waals surface area contributed by atoms with Gasteiger partial charge in [-0.25, -0.2) is 0 Å². The summed E-state index contributed by atoms with van der Waals surface area (Å²) in [5.41, 5.74) is 6.52. The number of primary amides is 1. The van der Waals surface area contributed by atoms with Gasteiger partial charge in [0.1, 0.15) is 11.5 Å². The number of ether oxygens (including phenoxy) is 2. The lowest BCUT2D eigenvalue weighted by Gasteiger charge is -2.24. The van der Waals surface area contributed by atoms with E-state index in [0.717, 1.165) is 24.0 Å². The second-order valence-corrected chi connectivity index (χ2v) is 6.58. The van der Waals surface area contributed by atoms with Crippen LogP contribution in [-0.4, -0.2) is 23.1 Å². The number of hydrogen-bond acceptors (Lipinski definition) is 4. The quantitative estimate of drug-likeness (QED) is 0.905. The highest BCUT2D eigenvalue weighted by Gasteiger charge is 2.19. The first kappa shape index (κ1) is 16.6. The van der Waals surface area contributed by atoms with E-state index < -0.39 is 5.91 Å². The topological polar surface area (TPSA) is 74.4 Å². The molecule has 0 radical (unpaired) electrons. The molecule has 2 aromatic rings. The summed E-state index contributed by atoms with van der Waals surface area (Å²) < 4.78 is 12.0. The van der Waals surface area contributed by atoms with E-state index in [0.29, 0.717) is 16.8 Å². The number of carbonyl (C=O) groups excluding carboxylic acids is 1. The smallest absolute Gasteiger partial charge is 0.252 e. The summed E-state index contributed by atoms with van der Waals surface area (Å²) in [6, 6.07) is 5.38. The van der Waals surface area contributed by atoms with Crippen LogP contribution in [0.4, 0.5) is 0 Å². The Morgan fingerprint density at radius 1 is 1.21 bits per heavy atom. The zero-order chi connectivity index (χ0) is 17.1. The lowest BCUT2D eigenvalue weighted by Crippen LogP contribution is -2.20. The van der Waals surface area contributed by atoms with Gasteiger partial charge in [0.05, 0.1) is 23.3 Å². The van der Waals surface area contributed by atoms with Gasteiger partial charge in [0, 0.05) is 11.6 Å². The van der Waals surface area contributed by atoms with E-state index in [-0.39, 0.29) is 12.2 Å². The van der Waals surface area contributed by atoms with E-state index >= 15 is 0 Å². The Kier molecular flexibility index (Phi) is 4.88. The van der Waals surface area contributed by atoms with Crippen LogP contribution >= 0.6 is 0 Å². The second-order valence-electron chi connectivity index (χ2n) is 6.58. The van der Waals surface area contributed by atoms with Gasteiger partial charge in [-0.1, -0.05) is 6.42 Å². The number of aromatic nitrogens is 1. The molecule has 1 aromatic heterocycles. The average Bonchev–Trinajstić information content (AvgIpc) is 2.55. The maximum Gasteiger partial charge on any atom is 0.252 e. The molecule has 0 atom stereocenters. The van der Waals surface area contributed by atoms with Crippen molar-refractivity contribution in [1.29, 1.82) is 0 Å². The summed E-state index contributed by atoms with van der Waals surface area (Å²) >= 11 is 0. The van der Waals surface area contributed by atoms with E-state index in [9.17, 15) is 4.79 Å². The molecule has 5 nitrogen and oxygen atoms in total. The van der Waals surface area contributed by atoms with Crippen molar-refractivity contribution >= 4 is 16.8 Å². The van der Waals surface area contributed by atoms with Crippen LogP contribution in [0.25, 0.3) is 10.9 Å². The number of hydrogen-bond donors (Lipinski definition) is 1. The van der Waals surface area contributed by atoms with Crippen molar-refractivity contribution in [3.05, 3.63) is 30.0 Å². The van der Waals surface area contributed by atoms with Crippen LogP contribution in [0.2, 0.25) is 0 Å². The van der Waals surface area contributed by atoms with Crippen LogP contribution in [0, 0.1) is 0 Å². The molecule has 1 amide bonds. The molecule has 0 spiro atoms. The predicted molar refractivity (Wildman–Crippen MR) is 93.5 cm³/mol.